The van der Waals surface area contributed by atoms with Gasteiger partial charge in [-0.25, -0.2) is 4.68 Å². The van der Waals surface area contributed by atoms with Crippen molar-refractivity contribution in [1.29, 1.82) is 0 Å². The predicted molar refractivity (Wildman–Crippen MR) is 106 cm³/mol. The minimum Gasteiger partial charge on any atom is -0.351 e. The summed E-state index contributed by atoms with van der Waals surface area (Å²) in [6, 6.07) is 8.18. The molecule has 0 aliphatic heterocycles. The van der Waals surface area contributed by atoms with Gasteiger partial charge in [-0.05, 0) is 50.8 Å². The van der Waals surface area contributed by atoms with Gasteiger partial charge in [-0.3, -0.25) is 14.0 Å². The summed E-state index contributed by atoms with van der Waals surface area (Å²) in [5.41, 5.74) is 2.43. The number of hydrogen-bond donors (Lipinski definition) is 1. The van der Waals surface area contributed by atoms with Crippen LogP contribution in [0.15, 0.2) is 29.1 Å². The molecule has 1 N–H and O–H groups in total. The van der Waals surface area contributed by atoms with E-state index in [1.807, 2.05) is 36.4 Å². The van der Waals surface area contributed by atoms with Crippen molar-refractivity contribution in [1.82, 2.24) is 19.5 Å². The monoisotopic (exact) mass is 366 g/mol. The van der Waals surface area contributed by atoms with Gasteiger partial charge in [0, 0.05) is 11.4 Å². The quantitative estimate of drug-likeness (QED) is 0.775. The van der Waals surface area contributed by atoms with Crippen LogP contribution in [-0.4, -0.2) is 26.1 Å². The minimum absolute atomic E-state index is 0.0417. The van der Waals surface area contributed by atoms with Gasteiger partial charge < -0.3 is 5.32 Å². The van der Waals surface area contributed by atoms with Crippen LogP contribution in [0, 0.1) is 19.8 Å². The van der Waals surface area contributed by atoms with E-state index < -0.39 is 0 Å². The van der Waals surface area contributed by atoms with Crippen LogP contribution in [-0.2, 0) is 11.3 Å². The first-order chi connectivity index (χ1) is 12.9. The first-order valence-corrected chi connectivity index (χ1v) is 9.73. The molecule has 1 aliphatic rings. The average Bonchev–Trinajstić information content (AvgIpc) is 3.00. The van der Waals surface area contributed by atoms with E-state index in [0.29, 0.717) is 17.3 Å². The fourth-order valence-corrected chi connectivity index (χ4v) is 4.26. The second-order valence-corrected chi connectivity index (χ2v) is 7.87. The molecule has 2 heterocycles. The molecule has 3 aromatic rings. The molecule has 2 aromatic heterocycles. The van der Waals surface area contributed by atoms with Gasteiger partial charge in [0.05, 0.1) is 5.52 Å². The van der Waals surface area contributed by atoms with Crippen molar-refractivity contribution in [2.45, 2.75) is 59.0 Å². The van der Waals surface area contributed by atoms with Gasteiger partial charge >= 0.3 is 0 Å². The van der Waals surface area contributed by atoms with Crippen LogP contribution in [0.2, 0.25) is 0 Å². The smallest absolute Gasteiger partial charge is 0.291 e. The van der Waals surface area contributed by atoms with E-state index in [4.69, 9.17) is 0 Å². The topological polar surface area (TPSA) is 68.4 Å². The first kappa shape index (κ1) is 17.8. The van der Waals surface area contributed by atoms with Crippen molar-refractivity contribution >= 4 is 22.3 Å². The number of nitrogens with one attached hydrogen (secondary N) is 1. The van der Waals surface area contributed by atoms with Gasteiger partial charge in [-0.2, -0.15) is 5.10 Å². The number of hydrogen-bond acceptors (Lipinski definition) is 3. The highest BCUT2D eigenvalue weighted by Gasteiger charge is 2.23. The molecule has 27 heavy (non-hydrogen) atoms. The predicted octanol–water partition coefficient (Wildman–Crippen LogP) is 2.96. The zero-order chi connectivity index (χ0) is 19.1. The lowest BCUT2D eigenvalue weighted by molar-refractivity contribution is -0.123. The lowest BCUT2D eigenvalue weighted by Gasteiger charge is -2.29. The molecular formula is C21H26N4O2. The van der Waals surface area contributed by atoms with E-state index in [0.717, 1.165) is 35.7 Å². The Morgan fingerprint density at radius 2 is 1.96 bits per heavy atom. The zero-order valence-electron chi connectivity index (χ0n) is 16.2. The van der Waals surface area contributed by atoms with Gasteiger partial charge in [0.15, 0.2) is 0 Å². The maximum absolute atomic E-state index is 12.9. The third-order valence-corrected chi connectivity index (χ3v) is 5.75. The molecule has 0 spiro atoms. The summed E-state index contributed by atoms with van der Waals surface area (Å²) in [4.78, 5) is 25.5. The Kier molecular flexibility index (Phi) is 4.50. The molecule has 0 saturated heterocycles. The van der Waals surface area contributed by atoms with Crippen molar-refractivity contribution < 1.29 is 4.79 Å². The normalized spacial score (nSPS) is 20.3. The summed E-state index contributed by atoms with van der Waals surface area (Å²) in [7, 11) is 0. The number of benzene rings is 1. The Labute approximate surface area is 158 Å². The molecule has 1 aromatic carbocycles. The molecule has 1 amide bonds. The lowest BCUT2D eigenvalue weighted by atomic mass is 9.86. The van der Waals surface area contributed by atoms with Crippen LogP contribution in [0.1, 0.15) is 44.0 Å². The summed E-state index contributed by atoms with van der Waals surface area (Å²) in [5, 5.41) is 8.51. The summed E-state index contributed by atoms with van der Waals surface area (Å²) in [6.07, 6.45) is 4.53. The van der Waals surface area contributed by atoms with E-state index >= 15 is 0 Å². The Bertz CT molecular complexity index is 1080. The number of aryl methyl sites for hydroxylation is 2. The van der Waals surface area contributed by atoms with Gasteiger partial charge in [0.2, 0.25) is 5.91 Å². The lowest BCUT2D eigenvalue weighted by Crippen LogP contribution is -2.44. The Balaban J connectivity index is 1.66. The van der Waals surface area contributed by atoms with Gasteiger partial charge in [-0.1, -0.05) is 31.4 Å². The van der Waals surface area contributed by atoms with E-state index in [9.17, 15) is 9.59 Å². The van der Waals surface area contributed by atoms with Crippen LogP contribution in [0.4, 0.5) is 0 Å². The van der Waals surface area contributed by atoms with E-state index in [-0.39, 0.29) is 24.1 Å². The average molecular weight is 366 g/mol. The number of aromatic nitrogens is 3. The molecular weight excluding hydrogens is 340 g/mol. The largest absolute Gasteiger partial charge is 0.351 e. The van der Waals surface area contributed by atoms with E-state index in [2.05, 4.69) is 23.4 Å². The highest BCUT2D eigenvalue weighted by Crippen LogP contribution is 2.24. The summed E-state index contributed by atoms with van der Waals surface area (Å²) in [6.45, 7) is 6.03. The second-order valence-electron chi connectivity index (χ2n) is 7.87. The maximum atomic E-state index is 12.9. The Morgan fingerprint density at radius 3 is 2.74 bits per heavy atom. The van der Waals surface area contributed by atoms with E-state index in [1.54, 1.807) is 0 Å². The Morgan fingerprint density at radius 1 is 1.19 bits per heavy atom. The highest BCUT2D eigenvalue weighted by molar-refractivity contribution is 5.87. The van der Waals surface area contributed by atoms with Gasteiger partial charge in [0.1, 0.15) is 17.9 Å². The number of fused-ring (bicyclic) bond motifs is 3. The SMILES string of the molecule is Cc1ccc2c(c1)cc1c(=O)n(CC(=O)N[C@H]3CCCC[C@@H]3C)nc(C)n12. The van der Waals surface area contributed by atoms with Crippen LogP contribution in [0.5, 0.6) is 0 Å². The third-order valence-electron chi connectivity index (χ3n) is 5.75. The standard InChI is InChI=1S/C21H26N4O2/c1-13-8-9-18-16(10-13)11-19-21(27)24(23-15(3)25(18)19)12-20(26)22-17-7-5-4-6-14(17)2/h8-11,14,17H,4-7,12H2,1-3H3,(H,22,26)/t14-,17-/m0/s1. The first-order valence-electron chi connectivity index (χ1n) is 9.73. The second kappa shape index (κ2) is 6.83. The summed E-state index contributed by atoms with van der Waals surface area (Å²) < 4.78 is 3.16. The van der Waals surface area contributed by atoms with Crippen molar-refractivity contribution in [3.05, 3.63) is 46.0 Å². The summed E-state index contributed by atoms with van der Waals surface area (Å²) in [5.74, 6) is 1.04. The van der Waals surface area contributed by atoms with Crippen LogP contribution in [0.3, 0.4) is 0 Å². The molecule has 1 saturated carbocycles. The van der Waals surface area contributed by atoms with Crippen LogP contribution >= 0.6 is 0 Å². The summed E-state index contributed by atoms with van der Waals surface area (Å²) >= 11 is 0. The molecule has 0 unspecified atom stereocenters. The highest BCUT2D eigenvalue weighted by atomic mass is 16.2. The van der Waals surface area contributed by atoms with Gasteiger partial charge in [0.25, 0.3) is 5.56 Å². The molecule has 142 valence electrons. The number of amides is 1. The van der Waals surface area contributed by atoms with Crippen molar-refractivity contribution in [2.75, 3.05) is 0 Å². The van der Waals surface area contributed by atoms with Crippen molar-refractivity contribution in [2.24, 2.45) is 5.92 Å². The number of carbonyl (C=O) groups is 1. The maximum Gasteiger partial charge on any atom is 0.291 e. The minimum atomic E-state index is -0.235. The van der Waals surface area contributed by atoms with E-state index in [1.165, 1.54) is 11.1 Å². The van der Waals surface area contributed by atoms with Crippen LogP contribution < -0.4 is 10.9 Å². The fraction of sp³-hybridized carbons (Fsp3) is 0.476. The number of rotatable bonds is 3. The van der Waals surface area contributed by atoms with Crippen LogP contribution in [0.25, 0.3) is 16.4 Å². The third kappa shape index (κ3) is 3.24. The zero-order valence-corrected chi connectivity index (χ0v) is 16.2. The molecule has 0 bridgehead atoms. The Hall–Kier alpha value is -2.63. The van der Waals surface area contributed by atoms with Crippen molar-refractivity contribution in [3.63, 3.8) is 0 Å². The molecule has 6 nitrogen and oxygen atoms in total. The molecule has 2 atom stereocenters. The van der Waals surface area contributed by atoms with Crippen molar-refractivity contribution in [3.8, 4) is 0 Å². The number of carbonyl (C=O) groups excluding carboxylic acids is 1. The molecule has 4 rings (SSSR count). The van der Waals surface area contributed by atoms with Gasteiger partial charge in [-0.15, -0.1) is 0 Å². The molecule has 1 aliphatic carbocycles. The number of nitrogens with zero attached hydrogens (tertiary/aromatic N) is 3. The molecule has 0 radical (unpaired) electrons. The fourth-order valence-electron chi connectivity index (χ4n) is 4.26. The molecule has 6 heteroatoms. The molecule has 1 fully saturated rings.